The summed E-state index contributed by atoms with van der Waals surface area (Å²) >= 11 is 1.25. The van der Waals surface area contributed by atoms with E-state index in [9.17, 15) is 4.79 Å². The highest BCUT2D eigenvalue weighted by molar-refractivity contribution is 7.99. The summed E-state index contributed by atoms with van der Waals surface area (Å²) < 4.78 is 11.1. The van der Waals surface area contributed by atoms with E-state index in [0.717, 1.165) is 5.56 Å². The van der Waals surface area contributed by atoms with Crippen molar-refractivity contribution in [2.24, 2.45) is 5.10 Å². The van der Waals surface area contributed by atoms with Crippen LogP contribution in [0.2, 0.25) is 0 Å². The summed E-state index contributed by atoms with van der Waals surface area (Å²) in [6, 6.07) is 7.20. The maximum atomic E-state index is 11.8. The van der Waals surface area contributed by atoms with Crippen molar-refractivity contribution in [2.75, 3.05) is 19.0 Å². The molecule has 1 aromatic carbocycles. The van der Waals surface area contributed by atoms with Gasteiger partial charge in [0, 0.05) is 12.4 Å². The van der Waals surface area contributed by atoms with Gasteiger partial charge in [-0.05, 0) is 43.7 Å². The summed E-state index contributed by atoms with van der Waals surface area (Å²) in [5, 5.41) is 4.51. The lowest BCUT2D eigenvalue weighted by Gasteiger charge is -2.11. The van der Waals surface area contributed by atoms with E-state index in [4.69, 9.17) is 9.47 Å². The second kappa shape index (κ2) is 10.3. The largest absolute Gasteiger partial charge is 0.490 e. The normalized spacial score (nSPS) is 10.6. The fourth-order valence-electron chi connectivity index (χ4n) is 1.85. The van der Waals surface area contributed by atoms with Gasteiger partial charge in [0.05, 0.1) is 25.2 Å². The molecule has 8 heteroatoms. The zero-order valence-corrected chi connectivity index (χ0v) is 15.0. The fraction of sp³-hybridized carbons (Fsp3) is 0.294. The van der Waals surface area contributed by atoms with Gasteiger partial charge in [-0.2, -0.15) is 5.10 Å². The van der Waals surface area contributed by atoms with Gasteiger partial charge in [-0.3, -0.25) is 4.79 Å². The molecule has 25 heavy (non-hydrogen) atoms. The van der Waals surface area contributed by atoms with Gasteiger partial charge in [-0.15, -0.1) is 0 Å². The minimum Gasteiger partial charge on any atom is -0.490 e. The summed E-state index contributed by atoms with van der Waals surface area (Å²) in [7, 11) is 0. The predicted molar refractivity (Wildman–Crippen MR) is 97.3 cm³/mol. The maximum absolute atomic E-state index is 11.8. The van der Waals surface area contributed by atoms with Crippen molar-refractivity contribution in [2.45, 2.75) is 19.0 Å². The standard InChI is InChI=1S/C17H20N4O3S/c1-3-23-14-7-6-13(10-15(14)24-4-2)11-20-21-16(22)12-25-17-18-8-5-9-19-17/h5-11H,3-4,12H2,1-2H3,(H,21,22)/b20-11+. The number of hydrogen-bond donors (Lipinski definition) is 1. The third kappa shape index (κ3) is 6.42. The first-order valence-electron chi connectivity index (χ1n) is 7.84. The number of hydrazone groups is 1. The van der Waals surface area contributed by atoms with Crippen LogP contribution in [0.4, 0.5) is 0 Å². The Kier molecular flexibility index (Phi) is 7.71. The molecule has 1 heterocycles. The van der Waals surface area contributed by atoms with Gasteiger partial charge in [0.25, 0.3) is 5.91 Å². The second-order valence-electron chi connectivity index (χ2n) is 4.69. The molecule has 2 rings (SSSR count). The van der Waals surface area contributed by atoms with Gasteiger partial charge in [0.2, 0.25) is 0 Å². The molecule has 0 bridgehead atoms. The van der Waals surface area contributed by atoms with Gasteiger partial charge >= 0.3 is 0 Å². The van der Waals surface area contributed by atoms with Crippen LogP contribution in [0, 0.1) is 0 Å². The van der Waals surface area contributed by atoms with Gasteiger partial charge in [-0.1, -0.05) is 11.8 Å². The molecule has 7 nitrogen and oxygen atoms in total. The molecule has 1 N–H and O–H groups in total. The minimum atomic E-state index is -0.232. The Morgan fingerprint density at radius 3 is 2.64 bits per heavy atom. The summed E-state index contributed by atoms with van der Waals surface area (Å²) in [4.78, 5) is 19.8. The highest BCUT2D eigenvalue weighted by atomic mass is 32.2. The molecule has 1 aromatic heterocycles. The van der Waals surface area contributed by atoms with Crippen LogP contribution in [0.1, 0.15) is 19.4 Å². The molecule has 0 unspecified atom stereocenters. The Bertz CT molecular complexity index is 710. The van der Waals surface area contributed by atoms with Crippen molar-refractivity contribution in [1.82, 2.24) is 15.4 Å². The van der Waals surface area contributed by atoms with Gasteiger partial charge in [-0.25, -0.2) is 15.4 Å². The van der Waals surface area contributed by atoms with Crippen LogP contribution in [-0.2, 0) is 4.79 Å². The summed E-state index contributed by atoms with van der Waals surface area (Å²) in [5.74, 6) is 1.29. The first-order chi connectivity index (χ1) is 12.2. The van der Waals surface area contributed by atoms with Crippen LogP contribution in [0.5, 0.6) is 11.5 Å². The number of amides is 1. The zero-order chi connectivity index (χ0) is 17.9. The Morgan fingerprint density at radius 1 is 1.20 bits per heavy atom. The number of hydrogen-bond acceptors (Lipinski definition) is 7. The van der Waals surface area contributed by atoms with E-state index in [0.29, 0.717) is 29.9 Å². The van der Waals surface area contributed by atoms with Crippen LogP contribution in [0.15, 0.2) is 46.9 Å². The second-order valence-corrected chi connectivity index (χ2v) is 5.63. The Hall–Kier alpha value is -2.61. The Balaban J connectivity index is 1.88. The number of carbonyl (C=O) groups excluding carboxylic acids is 1. The van der Waals surface area contributed by atoms with Crippen molar-refractivity contribution >= 4 is 23.9 Å². The number of nitrogens with zero attached hydrogens (tertiary/aromatic N) is 3. The van der Waals surface area contributed by atoms with Crippen LogP contribution < -0.4 is 14.9 Å². The Labute approximate surface area is 150 Å². The molecule has 132 valence electrons. The van der Waals surface area contributed by atoms with Crippen molar-refractivity contribution < 1.29 is 14.3 Å². The molecule has 0 saturated heterocycles. The molecule has 0 fully saturated rings. The minimum absolute atomic E-state index is 0.189. The van der Waals surface area contributed by atoms with Crippen molar-refractivity contribution in [3.05, 3.63) is 42.2 Å². The van der Waals surface area contributed by atoms with Crippen LogP contribution in [-0.4, -0.2) is 41.1 Å². The molecule has 2 aromatic rings. The SMILES string of the molecule is CCOc1ccc(/C=N/NC(=O)CSc2ncccn2)cc1OCC. The average Bonchev–Trinajstić information content (AvgIpc) is 2.63. The van der Waals surface area contributed by atoms with Crippen molar-refractivity contribution in [3.8, 4) is 11.5 Å². The third-order valence-corrected chi connectivity index (χ3v) is 3.72. The third-order valence-electron chi connectivity index (χ3n) is 2.84. The molecular weight excluding hydrogens is 340 g/mol. The number of nitrogens with one attached hydrogen (secondary N) is 1. The number of aromatic nitrogens is 2. The summed E-state index contributed by atoms with van der Waals surface area (Å²) in [6.07, 6.45) is 4.82. The number of rotatable bonds is 9. The van der Waals surface area contributed by atoms with Crippen LogP contribution in [0.3, 0.4) is 0 Å². The quantitative estimate of drug-likeness (QED) is 0.320. The molecule has 0 saturated carbocycles. The molecule has 0 aliphatic heterocycles. The van der Waals surface area contributed by atoms with Gasteiger partial charge < -0.3 is 9.47 Å². The molecule has 0 atom stereocenters. The maximum Gasteiger partial charge on any atom is 0.250 e. The number of ether oxygens (including phenoxy) is 2. The fourth-order valence-corrected chi connectivity index (χ4v) is 2.44. The first kappa shape index (κ1) is 18.7. The van der Waals surface area contributed by atoms with E-state index >= 15 is 0 Å². The zero-order valence-electron chi connectivity index (χ0n) is 14.1. The average molecular weight is 360 g/mol. The molecule has 0 aliphatic carbocycles. The highest BCUT2D eigenvalue weighted by Crippen LogP contribution is 2.27. The first-order valence-corrected chi connectivity index (χ1v) is 8.82. The van der Waals surface area contributed by atoms with Crippen molar-refractivity contribution in [3.63, 3.8) is 0 Å². The summed E-state index contributed by atoms with van der Waals surface area (Å²) in [5.41, 5.74) is 3.27. The number of thioether (sulfide) groups is 1. The monoisotopic (exact) mass is 360 g/mol. The van der Waals surface area contributed by atoms with E-state index < -0.39 is 0 Å². The molecular formula is C17H20N4O3S. The van der Waals surface area contributed by atoms with E-state index in [-0.39, 0.29) is 11.7 Å². The van der Waals surface area contributed by atoms with E-state index in [1.165, 1.54) is 11.8 Å². The predicted octanol–water partition coefficient (Wildman–Crippen LogP) is 2.52. The lowest BCUT2D eigenvalue weighted by atomic mass is 10.2. The number of carbonyl (C=O) groups is 1. The molecule has 0 aliphatic rings. The topological polar surface area (TPSA) is 85.7 Å². The van der Waals surface area contributed by atoms with Crippen LogP contribution >= 0.6 is 11.8 Å². The molecule has 0 radical (unpaired) electrons. The van der Waals surface area contributed by atoms with Crippen LogP contribution in [0.25, 0.3) is 0 Å². The van der Waals surface area contributed by atoms with E-state index in [2.05, 4.69) is 20.5 Å². The lowest BCUT2D eigenvalue weighted by molar-refractivity contribution is -0.118. The summed E-state index contributed by atoms with van der Waals surface area (Å²) in [6.45, 7) is 4.92. The van der Waals surface area contributed by atoms with Gasteiger partial charge in [0.1, 0.15) is 0 Å². The van der Waals surface area contributed by atoms with E-state index in [1.54, 1.807) is 24.7 Å². The van der Waals surface area contributed by atoms with Crippen molar-refractivity contribution in [1.29, 1.82) is 0 Å². The smallest absolute Gasteiger partial charge is 0.250 e. The lowest BCUT2D eigenvalue weighted by Crippen LogP contribution is -2.19. The molecule has 1 amide bonds. The molecule has 0 spiro atoms. The van der Waals surface area contributed by atoms with E-state index in [1.807, 2.05) is 32.0 Å². The Morgan fingerprint density at radius 2 is 1.92 bits per heavy atom. The number of benzene rings is 1. The highest BCUT2D eigenvalue weighted by Gasteiger charge is 2.06. The van der Waals surface area contributed by atoms with Gasteiger partial charge in [0.15, 0.2) is 16.7 Å².